The number of carboxylic acids is 1. The van der Waals surface area contributed by atoms with Crippen molar-refractivity contribution in [3.8, 4) is 0 Å². The van der Waals surface area contributed by atoms with Gasteiger partial charge in [0.2, 0.25) is 0 Å². The number of ketones is 1. The number of nitrogens with zero attached hydrogens (tertiary/aromatic N) is 2. The molecule has 1 heterocycles. The number of fused-ring (bicyclic) bond motifs is 1. The molecule has 3 rings (SSSR count). The molecule has 116 valence electrons. The second-order valence-electron chi connectivity index (χ2n) is 5.51. The summed E-state index contributed by atoms with van der Waals surface area (Å²) in [7, 11) is 0. The van der Waals surface area contributed by atoms with Gasteiger partial charge >= 0.3 is 5.97 Å². The molecule has 0 atom stereocenters. The highest BCUT2D eigenvalue weighted by Crippen LogP contribution is 2.20. The van der Waals surface area contributed by atoms with Gasteiger partial charge in [0.1, 0.15) is 5.82 Å². The highest BCUT2D eigenvalue weighted by Gasteiger charge is 2.10. The number of carboxylic acid groups (broad SMARTS) is 1. The third-order valence-electron chi connectivity index (χ3n) is 3.89. The van der Waals surface area contributed by atoms with Crippen LogP contribution < -0.4 is 0 Å². The van der Waals surface area contributed by atoms with E-state index in [-0.39, 0.29) is 11.3 Å². The highest BCUT2D eigenvalue weighted by molar-refractivity contribution is 5.97. The predicted octanol–water partition coefficient (Wildman–Crippen LogP) is 3.29. The lowest BCUT2D eigenvalue weighted by Gasteiger charge is -2.08. The zero-order chi connectivity index (χ0) is 16.6. The first-order valence-electron chi connectivity index (χ1n) is 7.26. The summed E-state index contributed by atoms with van der Waals surface area (Å²) in [6.45, 7) is 4.05. The van der Waals surface area contributed by atoms with Crippen molar-refractivity contribution in [2.24, 2.45) is 0 Å². The number of rotatable bonds is 4. The second-order valence-corrected chi connectivity index (χ2v) is 5.51. The Morgan fingerprint density at radius 3 is 2.35 bits per heavy atom. The van der Waals surface area contributed by atoms with Crippen LogP contribution in [0.15, 0.2) is 42.5 Å². The van der Waals surface area contributed by atoms with Gasteiger partial charge in [-0.15, -0.1) is 0 Å². The molecular weight excluding hydrogens is 292 g/mol. The molecule has 5 nitrogen and oxygen atoms in total. The van der Waals surface area contributed by atoms with Gasteiger partial charge in [-0.3, -0.25) is 4.79 Å². The lowest BCUT2D eigenvalue weighted by atomic mass is 10.1. The summed E-state index contributed by atoms with van der Waals surface area (Å²) in [5.41, 5.74) is 3.65. The molecule has 0 saturated carbocycles. The van der Waals surface area contributed by atoms with E-state index in [0.717, 1.165) is 22.4 Å². The molecule has 0 aliphatic rings. The number of hydrogen-bond donors (Lipinski definition) is 1. The molecule has 0 saturated heterocycles. The van der Waals surface area contributed by atoms with Crippen LogP contribution in [0, 0.1) is 6.92 Å². The van der Waals surface area contributed by atoms with Crippen molar-refractivity contribution in [3.63, 3.8) is 0 Å². The highest BCUT2D eigenvalue weighted by atomic mass is 16.4. The first-order chi connectivity index (χ1) is 11.0. The molecule has 0 radical (unpaired) electrons. The minimum atomic E-state index is -0.933. The molecule has 0 unspecified atom stereocenters. The van der Waals surface area contributed by atoms with Crippen LogP contribution in [0.4, 0.5) is 0 Å². The molecule has 2 aromatic carbocycles. The summed E-state index contributed by atoms with van der Waals surface area (Å²) >= 11 is 0. The van der Waals surface area contributed by atoms with Crippen molar-refractivity contribution in [1.82, 2.24) is 9.55 Å². The third-order valence-corrected chi connectivity index (χ3v) is 3.89. The Kier molecular flexibility index (Phi) is 3.70. The Morgan fingerprint density at radius 1 is 1.09 bits per heavy atom. The summed E-state index contributed by atoms with van der Waals surface area (Å²) in [6.07, 6.45) is 0. The number of carbonyl (C=O) groups excluding carboxylic acids is 1. The zero-order valence-corrected chi connectivity index (χ0v) is 12.9. The first kappa shape index (κ1) is 15.0. The quantitative estimate of drug-likeness (QED) is 0.751. The van der Waals surface area contributed by atoms with Gasteiger partial charge in [0.25, 0.3) is 0 Å². The Morgan fingerprint density at radius 2 is 1.74 bits per heavy atom. The second kappa shape index (κ2) is 5.68. The molecule has 0 bridgehead atoms. The third kappa shape index (κ3) is 2.85. The van der Waals surface area contributed by atoms with Gasteiger partial charge in [-0.1, -0.05) is 12.1 Å². The van der Waals surface area contributed by atoms with E-state index in [1.165, 1.54) is 6.92 Å². The Hall–Kier alpha value is -2.95. The van der Waals surface area contributed by atoms with Gasteiger partial charge in [-0.25, -0.2) is 9.78 Å². The molecule has 0 amide bonds. The normalized spacial score (nSPS) is 10.9. The van der Waals surface area contributed by atoms with Crippen molar-refractivity contribution in [2.75, 3.05) is 0 Å². The van der Waals surface area contributed by atoms with E-state index >= 15 is 0 Å². The number of imidazole rings is 1. The van der Waals surface area contributed by atoms with Gasteiger partial charge in [-0.2, -0.15) is 0 Å². The van der Waals surface area contributed by atoms with Crippen molar-refractivity contribution < 1.29 is 14.7 Å². The lowest BCUT2D eigenvalue weighted by Crippen LogP contribution is -2.03. The molecule has 1 aromatic heterocycles. The number of hydrogen-bond acceptors (Lipinski definition) is 3. The van der Waals surface area contributed by atoms with Crippen molar-refractivity contribution in [3.05, 3.63) is 65.0 Å². The maximum atomic E-state index is 11.5. The molecule has 3 aromatic rings. The lowest BCUT2D eigenvalue weighted by molar-refractivity contribution is 0.0696. The van der Waals surface area contributed by atoms with Crippen molar-refractivity contribution in [2.45, 2.75) is 20.4 Å². The monoisotopic (exact) mass is 308 g/mol. The fourth-order valence-corrected chi connectivity index (χ4v) is 2.60. The van der Waals surface area contributed by atoms with Gasteiger partial charge in [-0.05, 0) is 49.7 Å². The minimum absolute atomic E-state index is 0.0170. The molecule has 1 N–H and O–H groups in total. The number of aromatic carboxylic acids is 1. The van der Waals surface area contributed by atoms with Crippen molar-refractivity contribution >= 4 is 22.8 Å². The Bertz CT molecular complexity index is 908. The van der Waals surface area contributed by atoms with Crippen LogP contribution in [0.3, 0.4) is 0 Å². The Labute approximate surface area is 133 Å². The SMILES string of the molecule is CC(=O)c1ccc2c(c1)nc(C)n2Cc1ccc(C(=O)O)cc1. The number of Topliss-reactive ketones (excluding diaryl/α,β-unsaturated/α-hetero) is 1. The standard InChI is InChI=1S/C18H16N2O3/c1-11(21)15-7-8-17-16(9-15)19-12(2)20(17)10-13-3-5-14(6-4-13)18(22)23/h3-9H,10H2,1-2H3,(H,22,23). The predicted molar refractivity (Wildman–Crippen MR) is 87.0 cm³/mol. The number of carbonyl (C=O) groups is 2. The molecule has 0 aliphatic heterocycles. The van der Waals surface area contributed by atoms with Gasteiger partial charge in [0.05, 0.1) is 16.6 Å². The first-order valence-corrected chi connectivity index (χ1v) is 7.26. The summed E-state index contributed by atoms with van der Waals surface area (Å²) in [6, 6.07) is 12.3. The minimum Gasteiger partial charge on any atom is -0.478 e. The van der Waals surface area contributed by atoms with E-state index in [1.807, 2.05) is 13.0 Å². The topological polar surface area (TPSA) is 72.2 Å². The Balaban J connectivity index is 1.97. The van der Waals surface area contributed by atoms with E-state index < -0.39 is 5.97 Å². The van der Waals surface area contributed by atoms with Crippen LogP contribution in [0.1, 0.15) is 39.0 Å². The smallest absolute Gasteiger partial charge is 0.335 e. The van der Waals surface area contributed by atoms with Gasteiger partial charge in [0, 0.05) is 12.1 Å². The molecule has 0 aliphatic carbocycles. The average molecular weight is 308 g/mol. The van der Waals surface area contributed by atoms with E-state index in [0.29, 0.717) is 12.1 Å². The molecule has 0 spiro atoms. The fraction of sp³-hybridized carbons (Fsp3) is 0.167. The molecule has 0 fully saturated rings. The van der Waals surface area contributed by atoms with E-state index in [4.69, 9.17) is 5.11 Å². The van der Waals surface area contributed by atoms with Crippen LogP contribution >= 0.6 is 0 Å². The fourth-order valence-electron chi connectivity index (χ4n) is 2.60. The molecule has 5 heteroatoms. The van der Waals surface area contributed by atoms with Crippen LogP contribution in [-0.2, 0) is 6.54 Å². The summed E-state index contributed by atoms with van der Waals surface area (Å²) in [5, 5.41) is 8.95. The number of aromatic nitrogens is 2. The van der Waals surface area contributed by atoms with E-state index in [9.17, 15) is 9.59 Å². The van der Waals surface area contributed by atoms with Crippen LogP contribution in [0.25, 0.3) is 11.0 Å². The number of aryl methyl sites for hydroxylation is 1. The van der Waals surface area contributed by atoms with Gasteiger partial charge in [0.15, 0.2) is 5.78 Å². The van der Waals surface area contributed by atoms with Crippen molar-refractivity contribution in [1.29, 1.82) is 0 Å². The summed E-state index contributed by atoms with van der Waals surface area (Å²) in [4.78, 5) is 26.9. The van der Waals surface area contributed by atoms with Crippen LogP contribution in [-0.4, -0.2) is 26.4 Å². The molecular formula is C18H16N2O3. The average Bonchev–Trinajstić information content (AvgIpc) is 2.83. The maximum absolute atomic E-state index is 11.5. The summed E-state index contributed by atoms with van der Waals surface area (Å²) in [5.74, 6) is -0.0658. The van der Waals surface area contributed by atoms with Crippen LogP contribution in [0.5, 0.6) is 0 Å². The molecule has 23 heavy (non-hydrogen) atoms. The van der Waals surface area contributed by atoms with Crippen LogP contribution in [0.2, 0.25) is 0 Å². The summed E-state index contributed by atoms with van der Waals surface area (Å²) < 4.78 is 2.05. The van der Waals surface area contributed by atoms with Gasteiger partial charge < -0.3 is 9.67 Å². The van der Waals surface area contributed by atoms with E-state index in [2.05, 4.69) is 9.55 Å². The van der Waals surface area contributed by atoms with E-state index in [1.54, 1.807) is 36.4 Å². The zero-order valence-electron chi connectivity index (χ0n) is 12.9. The maximum Gasteiger partial charge on any atom is 0.335 e. The number of benzene rings is 2. The largest absolute Gasteiger partial charge is 0.478 e.